The van der Waals surface area contributed by atoms with Crippen LogP contribution >= 0.6 is 0 Å². The van der Waals surface area contributed by atoms with E-state index in [1.807, 2.05) is 18.0 Å². The van der Waals surface area contributed by atoms with E-state index in [1.165, 1.54) is 0 Å². The second-order valence-electron chi connectivity index (χ2n) is 3.84. The van der Waals surface area contributed by atoms with Crippen molar-refractivity contribution in [3.05, 3.63) is 24.2 Å². The van der Waals surface area contributed by atoms with Gasteiger partial charge in [0, 0.05) is 13.6 Å². The fraction of sp³-hybridized carbons (Fsp3) is 0.455. The van der Waals surface area contributed by atoms with Crippen LogP contribution in [0.15, 0.2) is 27.8 Å². The van der Waals surface area contributed by atoms with Gasteiger partial charge in [0.1, 0.15) is 5.76 Å². The summed E-state index contributed by atoms with van der Waals surface area (Å²) in [6, 6.07) is 3.62. The molecule has 0 aliphatic carbocycles. The molecule has 0 saturated carbocycles. The average molecular weight is 236 g/mol. The lowest BCUT2D eigenvalue weighted by molar-refractivity contribution is -0.120. The second-order valence-corrected chi connectivity index (χ2v) is 3.84. The first kappa shape index (κ1) is 11.5. The minimum absolute atomic E-state index is 0.0793. The van der Waals surface area contributed by atoms with Crippen molar-refractivity contribution in [2.45, 2.75) is 6.54 Å². The summed E-state index contributed by atoms with van der Waals surface area (Å²) in [5, 5.41) is 5.75. The third-order valence-electron chi connectivity index (χ3n) is 2.51. The molecule has 1 aliphatic heterocycles. The molecule has 6 nitrogen and oxygen atoms in total. The van der Waals surface area contributed by atoms with Gasteiger partial charge in [-0.2, -0.15) is 0 Å². The minimum Gasteiger partial charge on any atom is -0.467 e. The van der Waals surface area contributed by atoms with E-state index in [-0.39, 0.29) is 12.5 Å². The molecule has 1 aliphatic rings. The van der Waals surface area contributed by atoms with Gasteiger partial charge >= 0.3 is 0 Å². The Hall–Kier alpha value is -1.98. The van der Waals surface area contributed by atoms with Crippen LogP contribution in [0.2, 0.25) is 0 Å². The fourth-order valence-electron chi connectivity index (χ4n) is 1.54. The van der Waals surface area contributed by atoms with E-state index in [0.717, 1.165) is 24.8 Å². The van der Waals surface area contributed by atoms with Gasteiger partial charge in [-0.05, 0) is 12.1 Å². The second kappa shape index (κ2) is 5.38. The number of nitrogens with zero attached hydrogens (tertiary/aromatic N) is 2. The fourth-order valence-corrected chi connectivity index (χ4v) is 1.54. The molecule has 1 aromatic heterocycles. The van der Waals surface area contributed by atoms with Gasteiger partial charge in [0.05, 0.1) is 25.9 Å². The molecule has 2 rings (SSSR count). The Labute approximate surface area is 99.7 Å². The molecule has 1 amide bonds. The highest BCUT2D eigenvalue weighted by Crippen LogP contribution is 1.98. The maximum absolute atomic E-state index is 11.5. The Kier molecular flexibility index (Phi) is 3.64. The van der Waals surface area contributed by atoms with Gasteiger partial charge in [0.2, 0.25) is 5.91 Å². The van der Waals surface area contributed by atoms with Crippen LogP contribution in [0.4, 0.5) is 0 Å². The van der Waals surface area contributed by atoms with Gasteiger partial charge in [-0.1, -0.05) is 0 Å². The maximum atomic E-state index is 11.5. The summed E-state index contributed by atoms with van der Waals surface area (Å²) in [4.78, 5) is 17.7. The molecule has 0 aromatic carbocycles. The maximum Gasteiger partial charge on any atom is 0.239 e. The minimum atomic E-state index is -0.0793. The number of carbonyl (C=O) groups is 1. The monoisotopic (exact) mass is 236 g/mol. The summed E-state index contributed by atoms with van der Waals surface area (Å²) in [7, 11) is 1.94. The molecule has 2 heterocycles. The summed E-state index contributed by atoms with van der Waals surface area (Å²) >= 11 is 0. The molecular formula is C11H16N4O2. The van der Waals surface area contributed by atoms with E-state index in [1.54, 1.807) is 12.3 Å². The Bertz CT molecular complexity index is 400. The van der Waals surface area contributed by atoms with Crippen LogP contribution < -0.4 is 10.6 Å². The van der Waals surface area contributed by atoms with E-state index in [9.17, 15) is 4.79 Å². The van der Waals surface area contributed by atoms with Crippen molar-refractivity contribution in [1.82, 2.24) is 15.5 Å². The van der Waals surface area contributed by atoms with E-state index >= 15 is 0 Å². The SMILES string of the molecule is CN1CCN=C1NCC(=O)NCc1ccco1. The highest BCUT2D eigenvalue weighted by molar-refractivity contribution is 5.87. The molecule has 0 atom stereocenters. The first-order chi connectivity index (χ1) is 8.25. The number of guanidine groups is 1. The first-order valence-electron chi connectivity index (χ1n) is 5.54. The molecular weight excluding hydrogens is 220 g/mol. The molecule has 2 N–H and O–H groups in total. The molecule has 0 saturated heterocycles. The van der Waals surface area contributed by atoms with Crippen LogP contribution in [0, 0.1) is 0 Å². The quantitative estimate of drug-likeness (QED) is 0.758. The number of hydrogen-bond donors (Lipinski definition) is 2. The van der Waals surface area contributed by atoms with Crippen molar-refractivity contribution in [1.29, 1.82) is 0 Å². The largest absolute Gasteiger partial charge is 0.467 e. The third kappa shape index (κ3) is 3.24. The van der Waals surface area contributed by atoms with E-state index in [4.69, 9.17) is 4.42 Å². The number of rotatable bonds is 4. The molecule has 0 unspecified atom stereocenters. The lowest BCUT2D eigenvalue weighted by atomic mass is 10.4. The van der Waals surface area contributed by atoms with Crippen molar-refractivity contribution in [2.24, 2.45) is 4.99 Å². The number of furan rings is 1. The van der Waals surface area contributed by atoms with E-state index in [2.05, 4.69) is 15.6 Å². The van der Waals surface area contributed by atoms with E-state index in [0.29, 0.717) is 6.54 Å². The lowest BCUT2D eigenvalue weighted by Gasteiger charge is -2.14. The number of likely N-dealkylation sites (N-methyl/N-ethyl adjacent to an activating group) is 1. The number of hydrogen-bond acceptors (Lipinski definition) is 5. The molecule has 0 fully saturated rings. The van der Waals surface area contributed by atoms with Crippen LogP contribution in [-0.2, 0) is 11.3 Å². The molecule has 0 radical (unpaired) electrons. The molecule has 0 bridgehead atoms. The predicted molar refractivity (Wildman–Crippen MR) is 63.5 cm³/mol. The van der Waals surface area contributed by atoms with Crippen LogP contribution in [0.3, 0.4) is 0 Å². The Morgan fingerprint density at radius 3 is 3.18 bits per heavy atom. The van der Waals surface area contributed by atoms with Crippen molar-refractivity contribution in [3.63, 3.8) is 0 Å². The van der Waals surface area contributed by atoms with Crippen molar-refractivity contribution in [3.8, 4) is 0 Å². The molecule has 0 spiro atoms. The normalized spacial score (nSPS) is 14.6. The summed E-state index contributed by atoms with van der Waals surface area (Å²) in [5.41, 5.74) is 0. The zero-order valence-electron chi connectivity index (χ0n) is 9.77. The lowest BCUT2D eigenvalue weighted by Crippen LogP contribution is -2.41. The first-order valence-corrected chi connectivity index (χ1v) is 5.54. The van der Waals surface area contributed by atoms with Gasteiger partial charge in [0.15, 0.2) is 5.96 Å². The average Bonchev–Trinajstić information content (AvgIpc) is 2.95. The van der Waals surface area contributed by atoms with Gasteiger partial charge in [0.25, 0.3) is 0 Å². The van der Waals surface area contributed by atoms with Crippen molar-refractivity contribution in [2.75, 3.05) is 26.7 Å². The number of carbonyl (C=O) groups excluding carboxylic acids is 1. The highest BCUT2D eigenvalue weighted by atomic mass is 16.3. The predicted octanol–water partition coefficient (Wildman–Crippen LogP) is -0.213. The zero-order valence-corrected chi connectivity index (χ0v) is 9.77. The summed E-state index contributed by atoms with van der Waals surface area (Å²) in [6.45, 7) is 2.32. The topological polar surface area (TPSA) is 69.9 Å². The Morgan fingerprint density at radius 2 is 2.53 bits per heavy atom. The summed E-state index contributed by atoms with van der Waals surface area (Å²) < 4.78 is 5.11. The van der Waals surface area contributed by atoms with Crippen LogP contribution in [0.25, 0.3) is 0 Å². The van der Waals surface area contributed by atoms with Crippen molar-refractivity contribution >= 4 is 11.9 Å². The smallest absolute Gasteiger partial charge is 0.239 e. The number of amides is 1. The van der Waals surface area contributed by atoms with Gasteiger partial charge in [-0.15, -0.1) is 0 Å². The van der Waals surface area contributed by atoms with Gasteiger partial charge < -0.3 is 20.0 Å². The summed E-state index contributed by atoms with van der Waals surface area (Å²) in [5.74, 6) is 1.44. The van der Waals surface area contributed by atoms with Crippen LogP contribution in [0.1, 0.15) is 5.76 Å². The number of nitrogens with one attached hydrogen (secondary N) is 2. The molecule has 1 aromatic rings. The number of aliphatic imine (C=N–C) groups is 1. The summed E-state index contributed by atoms with van der Waals surface area (Å²) in [6.07, 6.45) is 1.59. The van der Waals surface area contributed by atoms with Crippen LogP contribution in [0.5, 0.6) is 0 Å². The van der Waals surface area contributed by atoms with Gasteiger partial charge in [-0.3, -0.25) is 9.79 Å². The molecule has 17 heavy (non-hydrogen) atoms. The van der Waals surface area contributed by atoms with Crippen LogP contribution in [-0.4, -0.2) is 43.4 Å². The highest BCUT2D eigenvalue weighted by Gasteiger charge is 2.12. The Balaban J connectivity index is 1.67. The van der Waals surface area contributed by atoms with Crippen molar-refractivity contribution < 1.29 is 9.21 Å². The Morgan fingerprint density at radius 1 is 1.65 bits per heavy atom. The zero-order chi connectivity index (χ0) is 12.1. The third-order valence-corrected chi connectivity index (χ3v) is 2.51. The van der Waals surface area contributed by atoms with Gasteiger partial charge in [-0.25, -0.2) is 0 Å². The molecule has 6 heteroatoms. The molecule has 92 valence electrons. The van der Waals surface area contributed by atoms with E-state index < -0.39 is 0 Å². The standard InChI is InChI=1S/C11H16N4O2/c1-15-5-4-12-11(15)14-8-10(16)13-7-9-3-2-6-17-9/h2-3,6H,4-5,7-8H2,1H3,(H,12,14)(H,13,16).